The number of nitrogens with one attached hydrogen (secondary N) is 1. The van der Waals surface area contributed by atoms with E-state index in [1.165, 1.54) is 24.1 Å². The van der Waals surface area contributed by atoms with Gasteiger partial charge in [-0.2, -0.15) is 0 Å². The standard InChI is InChI=1S/C18H18F2N2O4S/c1-26-11-17(23)22-9-3-4-12-7-8-13(10-16(12)22)21-27(24,25)18-14(19)5-2-6-15(18)20/h2,5-8,10,21H,3-4,9,11H2,1H3. The van der Waals surface area contributed by atoms with E-state index in [2.05, 4.69) is 4.72 Å². The van der Waals surface area contributed by atoms with E-state index in [-0.39, 0.29) is 18.2 Å². The molecule has 0 atom stereocenters. The summed E-state index contributed by atoms with van der Waals surface area (Å²) in [6.07, 6.45) is 1.51. The largest absolute Gasteiger partial charge is 0.375 e. The Bertz CT molecular complexity index is 959. The first-order valence-electron chi connectivity index (χ1n) is 8.22. The van der Waals surface area contributed by atoms with E-state index in [4.69, 9.17) is 4.74 Å². The molecule has 144 valence electrons. The molecule has 1 aliphatic rings. The number of benzene rings is 2. The number of fused-ring (bicyclic) bond motifs is 1. The Hall–Kier alpha value is -2.52. The lowest BCUT2D eigenvalue weighted by Gasteiger charge is -2.30. The van der Waals surface area contributed by atoms with Crippen LogP contribution in [0.5, 0.6) is 0 Å². The molecule has 0 bridgehead atoms. The van der Waals surface area contributed by atoms with Gasteiger partial charge in [0.1, 0.15) is 18.2 Å². The predicted molar refractivity (Wildman–Crippen MR) is 96.2 cm³/mol. The molecule has 1 heterocycles. The number of sulfonamides is 1. The Balaban J connectivity index is 1.95. The number of rotatable bonds is 5. The molecule has 27 heavy (non-hydrogen) atoms. The van der Waals surface area contributed by atoms with Crippen molar-refractivity contribution < 1.29 is 26.7 Å². The smallest absolute Gasteiger partial charge is 0.267 e. The molecule has 1 amide bonds. The molecule has 0 saturated heterocycles. The first-order valence-corrected chi connectivity index (χ1v) is 9.71. The molecule has 0 saturated carbocycles. The number of halogens is 2. The van der Waals surface area contributed by atoms with Gasteiger partial charge < -0.3 is 9.64 Å². The third kappa shape index (κ3) is 3.93. The fourth-order valence-corrected chi connectivity index (χ4v) is 4.23. The number of nitrogens with zero attached hydrogens (tertiary/aromatic N) is 1. The van der Waals surface area contributed by atoms with Crippen LogP contribution in [0.4, 0.5) is 20.2 Å². The van der Waals surface area contributed by atoms with Gasteiger partial charge in [0.2, 0.25) is 0 Å². The Morgan fingerprint density at radius 1 is 1.22 bits per heavy atom. The normalized spacial score (nSPS) is 14.0. The minimum absolute atomic E-state index is 0.101. The van der Waals surface area contributed by atoms with Crippen molar-refractivity contribution in [2.45, 2.75) is 17.7 Å². The Morgan fingerprint density at radius 3 is 2.59 bits per heavy atom. The van der Waals surface area contributed by atoms with Crippen molar-refractivity contribution in [1.82, 2.24) is 0 Å². The van der Waals surface area contributed by atoms with Crippen LogP contribution >= 0.6 is 0 Å². The zero-order chi connectivity index (χ0) is 19.6. The molecule has 6 nitrogen and oxygen atoms in total. The summed E-state index contributed by atoms with van der Waals surface area (Å²) in [4.78, 5) is 12.7. The predicted octanol–water partition coefficient (Wildman–Crippen LogP) is 2.69. The summed E-state index contributed by atoms with van der Waals surface area (Å²) in [7, 11) is -3.06. The van der Waals surface area contributed by atoms with Gasteiger partial charge in [-0.05, 0) is 42.7 Å². The molecule has 0 radical (unpaired) electrons. The SMILES string of the molecule is COCC(=O)N1CCCc2ccc(NS(=O)(=O)c3c(F)cccc3F)cc21. The van der Waals surface area contributed by atoms with Gasteiger partial charge in [0.15, 0.2) is 4.90 Å². The van der Waals surface area contributed by atoms with Crippen LogP contribution in [0.1, 0.15) is 12.0 Å². The van der Waals surface area contributed by atoms with Crippen LogP contribution in [0.15, 0.2) is 41.3 Å². The van der Waals surface area contributed by atoms with Crippen molar-refractivity contribution in [1.29, 1.82) is 0 Å². The number of methoxy groups -OCH3 is 1. The lowest BCUT2D eigenvalue weighted by atomic mass is 10.0. The lowest BCUT2D eigenvalue weighted by molar-refractivity contribution is -0.122. The molecular weight excluding hydrogens is 378 g/mol. The van der Waals surface area contributed by atoms with Gasteiger partial charge in [-0.3, -0.25) is 9.52 Å². The first kappa shape index (κ1) is 19.2. The van der Waals surface area contributed by atoms with Crippen molar-refractivity contribution in [2.75, 3.05) is 29.9 Å². The van der Waals surface area contributed by atoms with Crippen LogP contribution in [0, 0.1) is 11.6 Å². The van der Waals surface area contributed by atoms with E-state index in [9.17, 15) is 22.0 Å². The minimum Gasteiger partial charge on any atom is -0.375 e. The van der Waals surface area contributed by atoms with Crippen molar-refractivity contribution >= 4 is 27.3 Å². The maximum absolute atomic E-state index is 13.8. The van der Waals surface area contributed by atoms with E-state index in [0.29, 0.717) is 12.2 Å². The molecule has 0 aromatic heterocycles. The molecule has 0 fully saturated rings. The molecule has 3 rings (SSSR count). The van der Waals surface area contributed by atoms with Gasteiger partial charge in [-0.25, -0.2) is 17.2 Å². The zero-order valence-corrected chi connectivity index (χ0v) is 15.4. The number of hydrogen-bond donors (Lipinski definition) is 1. The van der Waals surface area contributed by atoms with Crippen molar-refractivity contribution in [3.63, 3.8) is 0 Å². The van der Waals surface area contributed by atoms with Gasteiger partial charge >= 0.3 is 0 Å². The second-order valence-corrected chi connectivity index (χ2v) is 7.70. The van der Waals surface area contributed by atoms with Gasteiger partial charge in [0.25, 0.3) is 15.9 Å². The topological polar surface area (TPSA) is 75.7 Å². The summed E-state index contributed by atoms with van der Waals surface area (Å²) in [5, 5.41) is 0. The van der Waals surface area contributed by atoms with E-state index in [1.54, 1.807) is 6.07 Å². The number of carbonyl (C=O) groups excluding carboxylic acids is 1. The average molecular weight is 396 g/mol. The summed E-state index contributed by atoms with van der Waals surface area (Å²) < 4.78 is 59.6. The van der Waals surface area contributed by atoms with E-state index in [0.717, 1.165) is 36.6 Å². The fraction of sp³-hybridized carbons (Fsp3) is 0.278. The monoisotopic (exact) mass is 396 g/mol. The van der Waals surface area contributed by atoms with E-state index in [1.807, 2.05) is 0 Å². The summed E-state index contributed by atoms with van der Waals surface area (Å²) in [6, 6.07) is 7.50. The second-order valence-electron chi connectivity index (χ2n) is 6.08. The van der Waals surface area contributed by atoms with Gasteiger partial charge in [0.05, 0.1) is 5.69 Å². The lowest BCUT2D eigenvalue weighted by Crippen LogP contribution is -2.37. The van der Waals surface area contributed by atoms with Crippen molar-refractivity contribution in [3.05, 3.63) is 53.6 Å². The van der Waals surface area contributed by atoms with Crippen LogP contribution < -0.4 is 9.62 Å². The highest BCUT2D eigenvalue weighted by molar-refractivity contribution is 7.92. The number of aryl methyl sites for hydroxylation is 1. The third-order valence-corrected chi connectivity index (χ3v) is 5.64. The first-order chi connectivity index (χ1) is 12.8. The Kier molecular flexibility index (Phi) is 5.43. The molecule has 0 spiro atoms. The van der Waals surface area contributed by atoms with Crippen LogP contribution in [0.3, 0.4) is 0 Å². The maximum Gasteiger partial charge on any atom is 0.267 e. The fourth-order valence-electron chi connectivity index (χ4n) is 3.04. The van der Waals surface area contributed by atoms with E-state index >= 15 is 0 Å². The van der Waals surface area contributed by atoms with E-state index < -0.39 is 26.6 Å². The zero-order valence-electron chi connectivity index (χ0n) is 14.5. The highest BCUT2D eigenvalue weighted by Crippen LogP contribution is 2.31. The highest BCUT2D eigenvalue weighted by Gasteiger charge is 2.26. The number of hydrogen-bond acceptors (Lipinski definition) is 4. The molecule has 2 aromatic rings. The molecule has 9 heteroatoms. The number of carbonyl (C=O) groups is 1. The van der Waals surface area contributed by atoms with Crippen molar-refractivity contribution in [3.8, 4) is 0 Å². The number of anilines is 2. The van der Waals surface area contributed by atoms with Gasteiger partial charge in [-0.15, -0.1) is 0 Å². The summed E-state index contributed by atoms with van der Waals surface area (Å²) >= 11 is 0. The van der Waals surface area contributed by atoms with Crippen LogP contribution in [0.25, 0.3) is 0 Å². The molecule has 0 aliphatic carbocycles. The van der Waals surface area contributed by atoms with Crippen molar-refractivity contribution in [2.24, 2.45) is 0 Å². The summed E-state index contributed by atoms with van der Waals surface area (Å²) in [6.45, 7) is 0.378. The molecule has 1 aliphatic heterocycles. The van der Waals surface area contributed by atoms with Gasteiger partial charge in [-0.1, -0.05) is 12.1 Å². The average Bonchev–Trinajstić information content (AvgIpc) is 2.60. The van der Waals surface area contributed by atoms with Gasteiger partial charge in [0, 0.05) is 19.3 Å². The third-order valence-electron chi connectivity index (χ3n) is 4.21. The summed E-state index contributed by atoms with van der Waals surface area (Å²) in [5.74, 6) is -2.62. The molecule has 2 aromatic carbocycles. The Labute approximate surface area is 155 Å². The molecule has 1 N–H and O–H groups in total. The molecule has 0 unspecified atom stereocenters. The highest BCUT2D eigenvalue weighted by atomic mass is 32.2. The Morgan fingerprint density at radius 2 is 1.93 bits per heavy atom. The van der Waals surface area contributed by atoms with Crippen LogP contribution in [-0.2, 0) is 26.0 Å². The molecular formula is C18H18F2N2O4S. The quantitative estimate of drug-likeness (QED) is 0.843. The summed E-state index contributed by atoms with van der Waals surface area (Å²) in [5.41, 5.74) is 1.54. The van der Waals surface area contributed by atoms with Crippen LogP contribution in [0.2, 0.25) is 0 Å². The second kappa shape index (κ2) is 7.61. The number of ether oxygens (including phenoxy) is 1. The maximum atomic E-state index is 13.8. The number of amides is 1. The van der Waals surface area contributed by atoms with Crippen LogP contribution in [-0.4, -0.2) is 34.6 Å². The minimum atomic E-state index is -4.48.